The van der Waals surface area contributed by atoms with E-state index in [0.717, 1.165) is 13.1 Å². The van der Waals surface area contributed by atoms with Crippen LogP contribution in [0.15, 0.2) is 36.7 Å². The third kappa shape index (κ3) is 5.64. The number of amides is 2. The standard InChI is InChI=1S/C16H22FN5O2/c1-21(2)7-8-22-11-14(9-19-22)20-16(24)18-10-15(23)12-3-5-13(17)6-4-12/h3-6,9,11,15,23H,7-8,10H2,1-2H3,(H2,18,20,24). The summed E-state index contributed by atoms with van der Waals surface area (Å²) in [5.74, 6) is -0.372. The van der Waals surface area contributed by atoms with Crippen LogP contribution in [0.5, 0.6) is 0 Å². The molecular weight excluding hydrogens is 313 g/mol. The van der Waals surface area contributed by atoms with Gasteiger partial charge in [0.05, 0.1) is 24.5 Å². The van der Waals surface area contributed by atoms with E-state index in [1.807, 2.05) is 19.0 Å². The van der Waals surface area contributed by atoms with Crippen LogP contribution >= 0.6 is 0 Å². The summed E-state index contributed by atoms with van der Waals surface area (Å²) in [6, 6.07) is 5.05. The van der Waals surface area contributed by atoms with Crippen molar-refractivity contribution in [3.63, 3.8) is 0 Å². The predicted octanol–water partition coefficient (Wildman–Crippen LogP) is 1.44. The number of nitrogens with one attached hydrogen (secondary N) is 2. The molecule has 130 valence electrons. The third-order valence-corrected chi connectivity index (χ3v) is 3.38. The van der Waals surface area contributed by atoms with Crippen molar-refractivity contribution < 1.29 is 14.3 Å². The van der Waals surface area contributed by atoms with Crippen LogP contribution in [0.25, 0.3) is 0 Å². The Kier molecular flexibility index (Phi) is 6.28. The first-order chi connectivity index (χ1) is 11.4. The number of benzene rings is 1. The number of nitrogens with zero attached hydrogens (tertiary/aromatic N) is 3. The molecule has 0 radical (unpaired) electrons. The average Bonchev–Trinajstić information content (AvgIpc) is 2.98. The summed E-state index contributed by atoms with van der Waals surface area (Å²) in [5.41, 5.74) is 1.11. The quantitative estimate of drug-likeness (QED) is 0.715. The number of rotatable bonds is 7. The average molecular weight is 335 g/mol. The molecule has 0 bridgehead atoms. The van der Waals surface area contributed by atoms with E-state index in [2.05, 4.69) is 15.7 Å². The van der Waals surface area contributed by atoms with E-state index >= 15 is 0 Å². The van der Waals surface area contributed by atoms with Gasteiger partial charge in [0.1, 0.15) is 5.82 Å². The van der Waals surface area contributed by atoms with Gasteiger partial charge in [0.15, 0.2) is 0 Å². The number of urea groups is 1. The number of aliphatic hydroxyl groups excluding tert-OH is 1. The molecule has 1 aromatic carbocycles. The van der Waals surface area contributed by atoms with Crippen molar-refractivity contribution in [2.24, 2.45) is 0 Å². The maximum absolute atomic E-state index is 12.8. The van der Waals surface area contributed by atoms with Gasteiger partial charge >= 0.3 is 6.03 Å². The first kappa shape index (κ1) is 17.9. The van der Waals surface area contributed by atoms with Gasteiger partial charge in [-0.1, -0.05) is 12.1 Å². The zero-order valence-corrected chi connectivity index (χ0v) is 13.7. The first-order valence-electron chi connectivity index (χ1n) is 7.59. The van der Waals surface area contributed by atoms with Gasteiger partial charge in [-0.2, -0.15) is 5.10 Å². The number of hydrogen-bond donors (Lipinski definition) is 3. The monoisotopic (exact) mass is 335 g/mol. The van der Waals surface area contributed by atoms with Crippen LogP contribution in [0.4, 0.5) is 14.9 Å². The molecule has 3 N–H and O–H groups in total. The molecule has 1 unspecified atom stereocenters. The summed E-state index contributed by atoms with van der Waals surface area (Å²) < 4.78 is 14.6. The van der Waals surface area contributed by atoms with Crippen molar-refractivity contribution in [3.8, 4) is 0 Å². The lowest BCUT2D eigenvalue weighted by Crippen LogP contribution is -2.32. The summed E-state index contributed by atoms with van der Waals surface area (Å²) >= 11 is 0. The zero-order chi connectivity index (χ0) is 17.5. The largest absolute Gasteiger partial charge is 0.387 e. The van der Waals surface area contributed by atoms with Gasteiger partial charge < -0.3 is 20.6 Å². The summed E-state index contributed by atoms with van der Waals surface area (Å²) in [5, 5.41) is 19.3. The molecule has 1 heterocycles. The highest BCUT2D eigenvalue weighted by molar-refractivity contribution is 5.88. The van der Waals surface area contributed by atoms with Crippen molar-refractivity contribution in [1.82, 2.24) is 20.0 Å². The second kappa shape index (κ2) is 8.42. The van der Waals surface area contributed by atoms with Gasteiger partial charge in [-0.05, 0) is 31.8 Å². The van der Waals surface area contributed by atoms with Crippen molar-refractivity contribution in [2.45, 2.75) is 12.6 Å². The molecule has 0 saturated carbocycles. The van der Waals surface area contributed by atoms with E-state index in [9.17, 15) is 14.3 Å². The number of aromatic nitrogens is 2. The fourth-order valence-electron chi connectivity index (χ4n) is 2.02. The number of likely N-dealkylation sites (N-methyl/N-ethyl adjacent to an activating group) is 1. The first-order valence-corrected chi connectivity index (χ1v) is 7.59. The smallest absolute Gasteiger partial charge is 0.319 e. The predicted molar refractivity (Wildman–Crippen MR) is 89.2 cm³/mol. The number of carbonyl (C=O) groups is 1. The molecule has 0 fully saturated rings. The van der Waals surface area contributed by atoms with Gasteiger partial charge in [-0.3, -0.25) is 4.68 Å². The molecule has 24 heavy (non-hydrogen) atoms. The molecule has 0 aliphatic heterocycles. The fourth-order valence-corrected chi connectivity index (χ4v) is 2.02. The number of anilines is 1. The number of aliphatic hydroxyl groups is 1. The summed E-state index contributed by atoms with van der Waals surface area (Å²) in [6.45, 7) is 1.59. The maximum Gasteiger partial charge on any atom is 0.319 e. The zero-order valence-electron chi connectivity index (χ0n) is 13.7. The van der Waals surface area contributed by atoms with Gasteiger partial charge in [-0.15, -0.1) is 0 Å². The van der Waals surface area contributed by atoms with Gasteiger partial charge in [0, 0.05) is 19.3 Å². The lowest BCUT2D eigenvalue weighted by molar-refractivity contribution is 0.175. The van der Waals surface area contributed by atoms with Gasteiger partial charge in [0.2, 0.25) is 0 Å². The van der Waals surface area contributed by atoms with Crippen LogP contribution < -0.4 is 10.6 Å². The molecule has 1 atom stereocenters. The van der Waals surface area contributed by atoms with Gasteiger partial charge in [-0.25, -0.2) is 9.18 Å². The van der Waals surface area contributed by atoms with E-state index < -0.39 is 12.1 Å². The second-order valence-corrected chi connectivity index (χ2v) is 5.70. The van der Waals surface area contributed by atoms with Crippen molar-refractivity contribution in [3.05, 3.63) is 48.0 Å². The SMILES string of the molecule is CN(C)CCn1cc(NC(=O)NCC(O)c2ccc(F)cc2)cn1. The Morgan fingerprint density at radius 2 is 2.08 bits per heavy atom. The van der Waals surface area contributed by atoms with E-state index in [0.29, 0.717) is 11.3 Å². The van der Waals surface area contributed by atoms with Crippen LogP contribution in [0, 0.1) is 5.82 Å². The van der Waals surface area contributed by atoms with E-state index in [4.69, 9.17) is 0 Å². The highest BCUT2D eigenvalue weighted by Crippen LogP contribution is 2.12. The summed E-state index contributed by atoms with van der Waals surface area (Å²) in [6.07, 6.45) is 2.39. The topological polar surface area (TPSA) is 82.4 Å². The van der Waals surface area contributed by atoms with Gasteiger partial charge in [0.25, 0.3) is 0 Å². The fraction of sp³-hybridized carbons (Fsp3) is 0.375. The highest BCUT2D eigenvalue weighted by atomic mass is 19.1. The molecule has 0 saturated heterocycles. The Hall–Kier alpha value is -2.45. The molecule has 2 amide bonds. The Labute approximate surface area is 140 Å². The minimum Gasteiger partial charge on any atom is -0.387 e. The Morgan fingerprint density at radius 1 is 1.38 bits per heavy atom. The maximum atomic E-state index is 12.8. The van der Waals surface area contributed by atoms with Crippen LogP contribution in [0.3, 0.4) is 0 Å². The number of hydrogen-bond acceptors (Lipinski definition) is 4. The molecule has 7 nitrogen and oxygen atoms in total. The van der Waals surface area contributed by atoms with Crippen molar-refractivity contribution in [1.29, 1.82) is 0 Å². The van der Waals surface area contributed by atoms with Crippen LogP contribution in [-0.4, -0.2) is 53.0 Å². The molecule has 0 spiro atoms. The normalized spacial score (nSPS) is 12.2. The molecule has 0 aliphatic carbocycles. The van der Waals surface area contributed by atoms with Crippen LogP contribution in [0.1, 0.15) is 11.7 Å². The molecule has 2 aromatic rings. The van der Waals surface area contributed by atoms with Crippen molar-refractivity contribution >= 4 is 11.7 Å². The van der Waals surface area contributed by atoms with E-state index in [1.54, 1.807) is 17.1 Å². The second-order valence-electron chi connectivity index (χ2n) is 5.70. The Bertz CT molecular complexity index is 657. The molecule has 8 heteroatoms. The number of carbonyl (C=O) groups excluding carboxylic acids is 1. The lowest BCUT2D eigenvalue weighted by atomic mass is 10.1. The Balaban J connectivity index is 1.77. The number of halogens is 1. The molecule has 2 rings (SSSR count). The highest BCUT2D eigenvalue weighted by Gasteiger charge is 2.10. The lowest BCUT2D eigenvalue weighted by Gasteiger charge is -2.12. The van der Waals surface area contributed by atoms with E-state index in [1.165, 1.54) is 24.3 Å². The van der Waals surface area contributed by atoms with E-state index in [-0.39, 0.29) is 12.4 Å². The summed E-state index contributed by atoms with van der Waals surface area (Å²) in [4.78, 5) is 13.9. The van der Waals surface area contributed by atoms with Crippen LogP contribution in [-0.2, 0) is 6.54 Å². The van der Waals surface area contributed by atoms with Crippen molar-refractivity contribution in [2.75, 3.05) is 32.5 Å². The third-order valence-electron chi connectivity index (χ3n) is 3.38. The Morgan fingerprint density at radius 3 is 2.75 bits per heavy atom. The van der Waals surface area contributed by atoms with Crippen LogP contribution in [0.2, 0.25) is 0 Å². The molecule has 0 aliphatic rings. The summed E-state index contributed by atoms with van der Waals surface area (Å²) in [7, 11) is 3.95. The minimum absolute atomic E-state index is 0.0201. The molecule has 1 aromatic heterocycles. The molecular formula is C16H22FN5O2. The minimum atomic E-state index is -0.904.